The Kier molecular flexibility index (Phi) is 19.3. The Morgan fingerprint density at radius 2 is 1.06 bits per heavy atom. The van der Waals surface area contributed by atoms with E-state index in [0.29, 0.717) is 33.8 Å². The van der Waals surface area contributed by atoms with Crippen LogP contribution in [0.3, 0.4) is 0 Å². The molecule has 6 saturated carbocycles. The van der Waals surface area contributed by atoms with E-state index in [9.17, 15) is 0 Å². The summed E-state index contributed by atoms with van der Waals surface area (Å²) in [4.78, 5) is 30.0. The van der Waals surface area contributed by atoms with E-state index in [1.165, 1.54) is 114 Å². The van der Waals surface area contributed by atoms with Gasteiger partial charge in [-0.05, 0) is 202 Å². The Labute approximate surface area is 503 Å². The third-order valence-electron chi connectivity index (χ3n) is 24.6. The van der Waals surface area contributed by atoms with Gasteiger partial charge in [-0.2, -0.15) is 0 Å². The molecule has 0 aromatic carbocycles. The Morgan fingerprint density at radius 3 is 1.48 bits per heavy atom. The van der Waals surface area contributed by atoms with Crippen LogP contribution in [0.1, 0.15) is 236 Å². The molecule has 0 amide bonds. The Bertz CT molecular complexity index is 2300. The molecule has 16 atom stereocenters. The molecule has 6 fully saturated rings. The van der Waals surface area contributed by atoms with Crippen LogP contribution in [-0.4, -0.2) is 24.1 Å². The van der Waals surface area contributed by atoms with Crippen molar-refractivity contribution in [2.75, 3.05) is 0 Å². The first-order valence-corrected chi connectivity index (χ1v) is 31.6. The third kappa shape index (κ3) is 11.4. The minimum Gasteiger partial charge on any atom is -1.00 e. The SMILES string of the molecule is CC1=C(C(=O)O[C@H]2CC[C@@]3(C)C(=CC[C@H]4[C@@H]5CC[C@H]([C@H](C)CCCC(C)C)[C@@]5(C)CC[C@@H]43)C2)C(c2ccc[n+](C)c2)C(C(=O)O[C@H]2CC[C@@]3(C)C(=CC[C@H]4[C@@H]5CC[C@H]([C@H](C)CCCC(C)C)[C@@]5(C)CC[C@@H]43)C2)=C(C)N1.I.[I-]. The fourth-order valence-electron chi connectivity index (χ4n) is 20.6. The van der Waals surface area contributed by atoms with Crippen LogP contribution in [0.5, 0.6) is 0 Å². The second-order valence-corrected chi connectivity index (χ2v) is 29.6. The summed E-state index contributed by atoms with van der Waals surface area (Å²) in [6.45, 7) is 29.2. The first kappa shape index (κ1) is 61.4. The number of dihydropyridines is 1. The number of rotatable bonds is 15. The zero-order chi connectivity index (χ0) is 53.4. The number of halogens is 2. The van der Waals surface area contributed by atoms with Crippen molar-refractivity contribution in [3.05, 3.63) is 75.9 Å². The van der Waals surface area contributed by atoms with E-state index >= 15 is 9.59 Å². The van der Waals surface area contributed by atoms with E-state index in [1.807, 2.05) is 37.7 Å². The molecule has 1 aromatic rings. The van der Waals surface area contributed by atoms with Gasteiger partial charge >= 0.3 is 11.9 Å². The number of nitrogens with zero attached hydrogens (tertiary/aromatic N) is 1. The van der Waals surface area contributed by atoms with Crippen molar-refractivity contribution >= 4 is 35.9 Å². The largest absolute Gasteiger partial charge is 1.00 e. The van der Waals surface area contributed by atoms with Crippen LogP contribution in [0.4, 0.5) is 0 Å². The highest BCUT2D eigenvalue weighted by molar-refractivity contribution is 14.0. The summed E-state index contributed by atoms with van der Waals surface area (Å²) in [5.41, 5.74) is 7.82. The summed E-state index contributed by atoms with van der Waals surface area (Å²) in [5.74, 6) is 8.34. The lowest BCUT2D eigenvalue weighted by Crippen LogP contribution is -3.00. The molecule has 0 radical (unpaired) electrons. The Morgan fingerprint density at radius 1 is 0.623 bits per heavy atom. The smallest absolute Gasteiger partial charge is 0.337 e. The molecule has 10 rings (SSSR count). The molecule has 77 heavy (non-hydrogen) atoms. The van der Waals surface area contributed by atoms with Gasteiger partial charge < -0.3 is 38.8 Å². The number of aryl methyl sites for hydroxylation is 1. The molecule has 6 nitrogen and oxygen atoms in total. The number of ether oxygens (including phenoxy) is 2. The first-order chi connectivity index (χ1) is 35.7. The van der Waals surface area contributed by atoms with Gasteiger partial charge in [0.2, 0.25) is 0 Å². The maximum Gasteiger partial charge on any atom is 0.337 e. The number of hydrogen-bond acceptors (Lipinski definition) is 5. The molecule has 1 aliphatic heterocycles. The monoisotopic (exact) mass is 1280 g/mol. The molecular weight excluding hydrogens is 1170 g/mol. The van der Waals surface area contributed by atoms with Gasteiger partial charge in [0.05, 0.1) is 17.1 Å². The molecule has 0 saturated heterocycles. The molecule has 0 unspecified atom stereocenters. The number of aromatic nitrogens is 1. The maximum atomic E-state index is 15.0. The standard InChI is InChI=1S/C69H104N2O4.2HI/c1-42(2)17-14-19-44(5)55-26-28-57-53-24-22-49-39-51(30-34-66(49,9)59(53)32-36-68(55,57)11)74-64(72)61-46(7)70-47(8)62(63(61)48-21-16-38-71(13)41-48)65(73)75-52-31-35-67(10)50(40-52)23-25-54-58-29-27-56(45(6)20-15-18-43(3)4)69(58,12)37-33-60(54)67;;/h16,21-23,38,41-45,51-60,63H,14-15,17-20,24-37,39-40H2,1-13H3;2*1H/t44-,45-,51+,52+,53+,54+,55-,56-,57+,58+,59+,60+,66+,67+,68-,69-;;/m1../s1. The van der Waals surface area contributed by atoms with Gasteiger partial charge in [-0.25, -0.2) is 14.2 Å². The minimum atomic E-state index is -0.597. The summed E-state index contributed by atoms with van der Waals surface area (Å²) in [6.07, 6.45) is 36.1. The van der Waals surface area contributed by atoms with E-state index in [0.717, 1.165) is 115 Å². The van der Waals surface area contributed by atoms with Crippen molar-refractivity contribution in [3.8, 4) is 0 Å². The molecular formula is C69H106I2N2O4. The Balaban J connectivity index is 0.00000392. The van der Waals surface area contributed by atoms with Gasteiger partial charge in [0, 0.05) is 35.9 Å². The molecule has 8 aliphatic carbocycles. The second-order valence-electron chi connectivity index (χ2n) is 29.6. The van der Waals surface area contributed by atoms with Crippen LogP contribution in [0.2, 0.25) is 0 Å². The second kappa shape index (κ2) is 24.3. The highest BCUT2D eigenvalue weighted by Crippen LogP contribution is 2.69. The van der Waals surface area contributed by atoms with Crippen molar-refractivity contribution in [1.29, 1.82) is 0 Å². The lowest BCUT2D eigenvalue weighted by molar-refractivity contribution is -0.671. The van der Waals surface area contributed by atoms with Crippen LogP contribution in [0, 0.1) is 92.7 Å². The van der Waals surface area contributed by atoms with Crippen molar-refractivity contribution in [2.24, 2.45) is 99.7 Å². The molecule has 1 aromatic heterocycles. The normalized spacial score (nSPS) is 38.3. The lowest BCUT2D eigenvalue weighted by Gasteiger charge is -2.58. The lowest BCUT2D eigenvalue weighted by atomic mass is 9.47. The van der Waals surface area contributed by atoms with E-state index in [-0.39, 0.29) is 82.9 Å². The first-order valence-electron chi connectivity index (χ1n) is 31.6. The molecule has 8 heteroatoms. The van der Waals surface area contributed by atoms with Crippen molar-refractivity contribution in [1.82, 2.24) is 5.32 Å². The molecule has 1 N–H and O–H groups in total. The molecule has 9 aliphatic rings. The van der Waals surface area contributed by atoms with Crippen LogP contribution < -0.4 is 33.9 Å². The molecule has 2 heterocycles. The number of carbonyl (C=O) groups is 2. The number of carbonyl (C=O) groups excluding carboxylic acids is 2. The zero-order valence-electron chi connectivity index (χ0n) is 50.5. The number of esters is 2. The third-order valence-corrected chi connectivity index (χ3v) is 24.6. The summed E-state index contributed by atoms with van der Waals surface area (Å²) in [6, 6.07) is 4.08. The van der Waals surface area contributed by atoms with Gasteiger partial charge in [-0.3, -0.25) is 0 Å². The fraction of sp³-hybridized carbons (Fsp3) is 0.783. The van der Waals surface area contributed by atoms with Gasteiger partial charge in [0.15, 0.2) is 12.4 Å². The zero-order valence-corrected chi connectivity index (χ0v) is 55.0. The van der Waals surface area contributed by atoms with Crippen LogP contribution in [0.15, 0.2) is 70.4 Å². The number of hydrogen-bond donors (Lipinski definition) is 1. The maximum absolute atomic E-state index is 15.0. The van der Waals surface area contributed by atoms with Crippen molar-refractivity contribution < 1.29 is 47.6 Å². The quantitative estimate of drug-likeness (QED) is 0.0820. The number of allylic oxidation sites excluding steroid dienone is 4. The molecule has 0 spiro atoms. The topological polar surface area (TPSA) is 68.5 Å². The van der Waals surface area contributed by atoms with E-state index < -0.39 is 5.92 Å². The van der Waals surface area contributed by atoms with Gasteiger partial charge in [-0.15, -0.1) is 24.0 Å². The van der Waals surface area contributed by atoms with Crippen molar-refractivity contribution in [3.63, 3.8) is 0 Å². The predicted molar refractivity (Wildman–Crippen MR) is 320 cm³/mol. The number of pyridine rings is 1. The fourth-order valence-corrected chi connectivity index (χ4v) is 20.6. The number of nitrogens with one attached hydrogen (secondary N) is 1. The highest BCUT2D eigenvalue weighted by atomic mass is 127. The summed E-state index contributed by atoms with van der Waals surface area (Å²) < 4.78 is 15.5. The molecule has 0 bridgehead atoms. The van der Waals surface area contributed by atoms with E-state index in [2.05, 4.69) is 99.0 Å². The minimum absolute atomic E-state index is 0. The average Bonchev–Trinajstić information content (AvgIpc) is 3.95. The summed E-state index contributed by atoms with van der Waals surface area (Å²) in [7, 11) is 2.01. The molecule has 430 valence electrons. The van der Waals surface area contributed by atoms with Gasteiger partial charge in [0.25, 0.3) is 0 Å². The highest BCUT2D eigenvalue weighted by Gasteiger charge is 2.61. The van der Waals surface area contributed by atoms with E-state index in [4.69, 9.17) is 9.47 Å². The van der Waals surface area contributed by atoms with Crippen LogP contribution in [-0.2, 0) is 26.1 Å². The summed E-state index contributed by atoms with van der Waals surface area (Å²) in [5, 5.41) is 3.51. The van der Waals surface area contributed by atoms with Gasteiger partial charge in [0.1, 0.15) is 19.3 Å². The predicted octanol–water partition coefficient (Wildman–Crippen LogP) is 14.3. The average molecular weight is 1280 g/mol. The van der Waals surface area contributed by atoms with Gasteiger partial charge in [-0.1, -0.05) is 131 Å². The van der Waals surface area contributed by atoms with Crippen LogP contribution in [0.25, 0.3) is 0 Å². The number of fused-ring (bicyclic) bond motifs is 10. The van der Waals surface area contributed by atoms with Crippen LogP contribution >= 0.6 is 24.0 Å². The van der Waals surface area contributed by atoms with Crippen molar-refractivity contribution in [2.45, 2.75) is 242 Å². The van der Waals surface area contributed by atoms with E-state index in [1.54, 1.807) is 0 Å². The Hall–Kier alpha value is -1.69. The summed E-state index contributed by atoms with van der Waals surface area (Å²) >= 11 is 0.